The fraction of sp³-hybridized carbons (Fsp3) is 0. The minimum atomic E-state index is -4.26. The van der Waals surface area contributed by atoms with Crippen LogP contribution >= 0.6 is 34.5 Å². The second-order valence-electron chi connectivity index (χ2n) is 3.52. The van der Waals surface area contributed by atoms with Gasteiger partial charge in [-0.3, -0.25) is 4.72 Å². The summed E-state index contributed by atoms with van der Waals surface area (Å²) in [6.45, 7) is 0. The van der Waals surface area contributed by atoms with Gasteiger partial charge in [-0.15, -0.1) is 11.3 Å². The van der Waals surface area contributed by atoms with Crippen LogP contribution in [0.2, 0.25) is 8.67 Å². The van der Waals surface area contributed by atoms with Crippen molar-refractivity contribution in [2.45, 2.75) is 4.90 Å². The quantitative estimate of drug-likeness (QED) is 0.829. The molecule has 0 saturated heterocycles. The Kier molecular flexibility index (Phi) is 4.19. The Bertz CT molecular complexity index is 777. The first-order chi connectivity index (χ1) is 9.22. The first-order valence-electron chi connectivity index (χ1n) is 4.83. The van der Waals surface area contributed by atoms with Crippen LogP contribution in [-0.2, 0) is 10.0 Å². The second-order valence-corrected chi connectivity index (χ2v) is 7.45. The van der Waals surface area contributed by atoms with E-state index < -0.39 is 33.2 Å². The maximum atomic E-state index is 13.4. The summed E-state index contributed by atoms with van der Waals surface area (Å²) in [4.78, 5) is -0.377. The molecule has 0 spiro atoms. The van der Waals surface area contributed by atoms with Gasteiger partial charge in [-0.1, -0.05) is 23.2 Å². The van der Waals surface area contributed by atoms with Crippen molar-refractivity contribution in [3.8, 4) is 0 Å². The Hall–Kier alpha value is -0.960. The molecular weight excluding hydrogens is 358 g/mol. The fourth-order valence-corrected chi connectivity index (χ4v) is 4.52. The number of nitrogens with one attached hydrogen (secondary N) is 1. The van der Waals surface area contributed by atoms with Gasteiger partial charge in [-0.2, -0.15) is 0 Å². The average Bonchev–Trinajstić information content (AvgIpc) is 2.70. The van der Waals surface area contributed by atoms with Crippen molar-refractivity contribution in [3.05, 3.63) is 44.3 Å². The molecule has 0 fully saturated rings. The zero-order valence-electron chi connectivity index (χ0n) is 9.25. The van der Waals surface area contributed by atoms with Crippen molar-refractivity contribution in [3.63, 3.8) is 0 Å². The van der Waals surface area contributed by atoms with Gasteiger partial charge in [0.1, 0.15) is 9.23 Å². The minimum absolute atomic E-state index is 0.112. The van der Waals surface area contributed by atoms with E-state index in [1.807, 2.05) is 0 Å². The van der Waals surface area contributed by atoms with E-state index in [-0.39, 0.29) is 13.6 Å². The highest BCUT2D eigenvalue weighted by molar-refractivity contribution is 7.93. The molecule has 0 unspecified atom stereocenters. The third kappa shape index (κ3) is 2.88. The van der Waals surface area contributed by atoms with E-state index >= 15 is 0 Å². The van der Waals surface area contributed by atoms with Crippen LogP contribution < -0.4 is 4.72 Å². The lowest BCUT2D eigenvalue weighted by molar-refractivity contribution is 0.449. The number of benzene rings is 1. The molecule has 2 rings (SSSR count). The Morgan fingerprint density at radius 1 is 1.10 bits per heavy atom. The molecule has 0 aliphatic heterocycles. The molecule has 0 bridgehead atoms. The van der Waals surface area contributed by atoms with Crippen LogP contribution in [0.15, 0.2) is 23.1 Å². The molecule has 0 amide bonds. The van der Waals surface area contributed by atoms with Gasteiger partial charge >= 0.3 is 0 Å². The van der Waals surface area contributed by atoms with Crippen molar-refractivity contribution < 1.29 is 21.6 Å². The van der Waals surface area contributed by atoms with Gasteiger partial charge in [0.15, 0.2) is 17.5 Å². The summed E-state index contributed by atoms with van der Waals surface area (Å²) in [6.07, 6.45) is 0. The van der Waals surface area contributed by atoms with Crippen LogP contribution in [0.5, 0.6) is 0 Å². The number of hydrogen-bond acceptors (Lipinski definition) is 3. The zero-order valence-corrected chi connectivity index (χ0v) is 12.4. The van der Waals surface area contributed by atoms with E-state index in [9.17, 15) is 21.6 Å². The van der Waals surface area contributed by atoms with E-state index in [0.717, 1.165) is 23.5 Å². The molecule has 1 heterocycles. The lowest BCUT2D eigenvalue weighted by atomic mass is 10.3. The van der Waals surface area contributed by atoms with Crippen molar-refractivity contribution in [2.75, 3.05) is 4.72 Å². The first-order valence-corrected chi connectivity index (χ1v) is 7.89. The number of hydrogen-bond donors (Lipinski definition) is 1. The number of sulfonamides is 1. The maximum absolute atomic E-state index is 13.4. The molecule has 1 N–H and O–H groups in total. The highest BCUT2D eigenvalue weighted by Crippen LogP contribution is 2.35. The molecule has 0 aliphatic carbocycles. The molecule has 10 heteroatoms. The van der Waals surface area contributed by atoms with Gasteiger partial charge in [0.2, 0.25) is 0 Å². The van der Waals surface area contributed by atoms with Gasteiger partial charge in [0, 0.05) is 0 Å². The van der Waals surface area contributed by atoms with Crippen molar-refractivity contribution >= 4 is 50.2 Å². The van der Waals surface area contributed by atoms with Gasteiger partial charge in [0.25, 0.3) is 10.0 Å². The summed E-state index contributed by atoms with van der Waals surface area (Å²) in [7, 11) is -4.26. The largest absolute Gasteiger partial charge is 0.276 e. The molecule has 0 radical (unpaired) electrons. The van der Waals surface area contributed by atoms with E-state index in [1.165, 1.54) is 0 Å². The van der Waals surface area contributed by atoms with E-state index in [0.29, 0.717) is 6.07 Å². The molecule has 2 aromatic rings. The molecule has 20 heavy (non-hydrogen) atoms. The van der Waals surface area contributed by atoms with Gasteiger partial charge in [-0.05, 0) is 18.2 Å². The van der Waals surface area contributed by atoms with E-state index in [4.69, 9.17) is 23.2 Å². The van der Waals surface area contributed by atoms with E-state index in [2.05, 4.69) is 0 Å². The molecule has 3 nitrogen and oxygen atoms in total. The number of halogens is 5. The molecule has 0 atom stereocenters. The van der Waals surface area contributed by atoms with Crippen LogP contribution in [0.25, 0.3) is 0 Å². The average molecular weight is 362 g/mol. The molecule has 1 aromatic heterocycles. The van der Waals surface area contributed by atoms with Crippen LogP contribution in [0.4, 0.5) is 18.9 Å². The molecule has 108 valence electrons. The Morgan fingerprint density at radius 3 is 2.30 bits per heavy atom. The lowest BCUT2D eigenvalue weighted by Gasteiger charge is -2.08. The van der Waals surface area contributed by atoms with Crippen molar-refractivity contribution in [2.24, 2.45) is 0 Å². The Labute approximate surface area is 126 Å². The summed E-state index contributed by atoms with van der Waals surface area (Å²) in [5.41, 5.74) is -0.734. The van der Waals surface area contributed by atoms with Gasteiger partial charge in [0.05, 0.1) is 10.0 Å². The standard InChI is InChI=1S/C10H4Cl2F3NO2S2/c11-7-3-6(10(12)19-7)20(17,18)16-5-2-1-4(13)8(14)9(5)15/h1-3,16H. The monoisotopic (exact) mass is 361 g/mol. The topological polar surface area (TPSA) is 46.2 Å². The first kappa shape index (κ1) is 15.4. The summed E-state index contributed by atoms with van der Waals surface area (Å²) in [5.74, 6) is -4.85. The van der Waals surface area contributed by atoms with Crippen molar-refractivity contribution in [1.29, 1.82) is 0 Å². The number of thiophene rings is 1. The van der Waals surface area contributed by atoms with Crippen LogP contribution in [0.3, 0.4) is 0 Å². The molecular formula is C10H4Cl2F3NO2S2. The highest BCUT2D eigenvalue weighted by Gasteiger charge is 2.24. The summed E-state index contributed by atoms with van der Waals surface area (Å²) < 4.78 is 64.9. The Balaban J connectivity index is 2.44. The fourth-order valence-electron chi connectivity index (χ4n) is 1.31. The SMILES string of the molecule is O=S(=O)(Nc1ccc(F)c(F)c1F)c1cc(Cl)sc1Cl. The maximum Gasteiger partial charge on any atom is 0.264 e. The van der Waals surface area contributed by atoms with Crippen LogP contribution in [0, 0.1) is 17.5 Å². The van der Waals surface area contributed by atoms with Crippen LogP contribution in [-0.4, -0.2) is 8.42 Å². The number of anilines is 1. The molecule has 1 aromatic carbocycles. The van der Waals surface area contributed by atoms with E-state index in [1.54, 1.807) is 4.72 Å². The summed E-state index contributed by atoms with van der Waals surface area (Å²) >= 11 is 12.1. The summed E-state index contributed by atoms with van der Waals surface area (Å²) in [6, 6.07) is 2.42. The third-order valence-electron chi connectivity index (χ3n) is 2.19. The Morgan fingerprint density at radius 2 is 1.75 bits per heavy atom. The normalized spacial score (nSPS) is 11.7. The zero-order chi connectivity index (χ0) is 15.1. The smallest absolute Gasteiger partial charge is 0.264 e. The summed E-state index contributed by atoms with van der Waals surface area (Å²) in [5, 5.41) is 0. The van der Waals surface area contributed by atoms with Gasteiger partial charge < -0.3 is 0 Å². The third-order valence-corrected chi connectivity index (χ3v) is 5.31. The van der Waals surface area contributed by atoms with Crippen LogP contribution in [0.1, 0.15) is 0 Å². The minimum Gasteiger partial charge on any atom is -0.276 e. The second kappa shape index (κ2) is 5.44. The predicted molar refractivity (Wildman–Crippen MR) is 71.5 cm³/mol. The lowest BCUT2D eigenvalue weighted by Crippen LogP contribution is -2.14. The number of rotatable bonds is 3. The highest BCUT2D eigenvalue weighted by atomic mass is 35.5. The van der Waals surface area contributed by atoms with Gasteiger partial charge in [-0.25, -0.2) is 21.6 Å². The van der Waals surface area contributed by atoms with Crippen molar-refractivity contribution in [1.82, 2.24) is 0 Å². The molecule has 0 aliphatic rings. The molecule has 0 saturated carbocycles. The predicted octanol–water partition coefficient (Wildman–Crippen LogP) is 4.27.